The number of rotatable bonds is 3. The fraction of sp³-hybridized carbons (Fsp3) is 0.312. The van der Waals surface area contributed by atoms with E-state index in [0.29, 0.717) is 23.4 Å². The molecule has 1 fully saturated rings. The Morgan fingerprint density at radius 2 is 2.09 bits per heavy atom. The summed E-state index contributed by atoms with van der Waals surface area (Å²) in [5, 5.41) is 3.23. The van der Waals surface area contributed by atoms with E-state index in [9.17, 15) is 0 Å². The summed E-state index contributed by atoms with van der Waals surface area (Å²) in [6, 6.07) is 11.8. The van der Waals surface area contributed by atoms with E-state index in [4.69, 9.17) is 16.2 Å². The van der Waals surface area contributed by atoms with E-state index in [1.165, 1.54) is 0 Å². The average Bonchev–Trinajstić information content (AvgIpc) is 2.49. The summed E-state index contributed by atoms with van der Waals surface area (Å²) in [6.45, 7) is 4.42. The number of pyridine rings is 1. The predicted molar refractivity (Wildman–Crippen MR) is 90.4 cm³/mol. The number of morpholine rings is 1. The van der Waals surface area contributed by atoms with Gasteiger partial charge in [0.2, 0.25) is 0 Å². The molecule has 2 aromatic rings. The molecule has 1 atom stereocenters. The van der Waals surface area contributed by atoms with Gasteiger partial charge in [0.1, 0.15) is 11.6 Å². The van der Waals surface area contributed by atoms with Crippen molar-refractivity contribution in [1.29, 1.82) is 0 Å². The summed E-state index contributed by atoms with van der Waals surface area (Å²) >= 11 is 0. The van der Waals surface area contributed by atoms with Gasteiger partial charge in [0, 0.05) is 30.4 Å². The molecule has 6 heteroatoms. The summed E-state index contributed by atoms with van der Waals surface area (Å²) < 4.78 is 5.48. The van der Waals surface area contributed by atoms with Gasteiger partial charge in [-0.15, -0.1) is 0 Å². The molecule has 1 saturated heterocycles. The van der Waals surface area contributed by atoms with Crippen LogP contribution in [-0.2, 0) is 4.74 Å². The second kappa shape index (κ2) is 6.11. The maximum Gasteiger partial charge on any atom is 0.134 e. The van der Waals surface area contributed by atoms with Crippen LogP contribution < -0.4 is 21.7 Å². The molecule has 0 saturated carbocycles. The van der Waals surface area contributed by atoms with Crippen molar-refractivity contribution in [1.82, 2.24) is 4.98 Å². The molecule has 1 unspecified atom stereocenters. The fourth-order valence-electron chi connectivity index (χ4n) is 2.63. The maximum atomic E-state index is 5.96. The molecule has 1 aliphatic rings. The number of nitrogen functional groups attached to an aromatic ring is 2. The average molecular weight is 299 g/mol. The lowest BCUT2D eigenvalue weighted by atomic mass is 10.2. The van der Waals surface area contributed by atoms with Gasteiger partial charge in [-0.3, -0.25) is 0 Å². The number of benzene rings is 1. The number of anilines is 5. The normalized spacial score (nSPS) is 18.2. The van der Waals surface area contributed by atoms with Crippen molar-refractivity contribution in [2.24, 2.45) is 0 Å². The predicted octanol–water partition coefficient (Wildman–Crippen LogP) is 2.21. The zero-order valence-electron chi connectivity index (χ0n) is 12.6. The van der Waals surface area contributed by atoms with E-state index in [1.54, 1.807) is 0 Å². The molecule has 6 nitrogen and oxygen atoms in total. The van der Waals surface area contributed by atoms with Crippen molar-refractivity contribution in [3.05, 3.63) is 36.4 Å². The quantitative estimate of drug-likeness (QED) is 0.753. The molecule has 3 rings (SSSR count). The van der Waals surface area contributed by atoms with E-state index < -0.39 is 0 Å². The first-order valence-electron chi connectivity index (χ1n) is 7.37. The van der Waals surface area contributed by atoms with Gasteiger partial charge in [0.05, 0.1) is 24.6 Å². The Balaban J connectivity index is 1.88. The molecule has 0 amide bonds. The van der Waals surface area contributed by atoms with Gasteiger partial charge in [-0.1, -0.05) is 12.1 Å². The molecule has 0 radical (unpaired) electrons. The van der Waals surface area contributed by atoms with Gasteiger partial charge >= 0.3 is 0 Å². The van der Waals surface area contributed by atoms with Crippen molar-refractivity contribution < 1.29 is 4.74 Å². The SMILES string of the molecule is CC1COCCN1c1cc(N)nc(Nc2ccccc2N)c1. The highest BCUT2D eigenvalue weighted by molar-refractivity contribution is 5.73. The molecule has 1 aromatic heterocycles. The second-order valence-electron chi connectivity index (χ2n) is 5.47. The van der Waals surface area contributed by atoms with Crippen molar-refractivity contribution >= 4 is 28.7 Å². The van der Waals surface area contributed by atoms with Crippen molar-refractivity contribution in [3.8, 4) is 0 Å². The van der Waals surface area contributed by atoms with Gasteiger partial charge in [0.15, 0.2) is 0 Å². The third kappa shape index (κ3) is 3.07. The fourth-order valence-corrected chi connectivity index (χ4v) is 2.63. The highest BCUT2D eigenvalue weighted by atomic mass is 16.5. The molecule has 0 bridgehead atoms. The van der Waals surface area contributed by atoms with Crippen LogP contribution in [-0.4, -0.2) is 30.8 Å². The van der Waals surface area contributed by atoms with Crippen LogP contribution in [0.3, 0.4) is 0 Å². The van der Waals surface area contributed by atoms with Gasteiger partial charge in [-0.05, 0) is 19.1 Å². The van der Waals surface area contributed by atoms with Crippen LogP contribution in [0, 0.1) is 0 Å². The van der Waals surface area contributed by atoms with Crippen LogP contribution in [0.1, 0.15) is 6.92 Å². The zero-order valence-corrected chi connectivity index (χ0v) is 12.6. The van der Waals surface area contributed by atoms with Crippen LogP contribution in [0.25, 0.3) is 0 Å². The monoisotopic (exact) mass is 299 g/mol. The lowest BCUT2D eigenvalue weighted by Gasteiger charge is -2.35. The van der Waals surface area contributed by atoms with E-state index >= 15 is 0 Å². The Kier molecular flexibility index (Phi) is 4.02. The smallest absolute Gasteiger partial charge is 0.134 e. The van der Waals surface area contributed by atoms with E-state index in [0.717, 1.165) is 31.1 Å². The van der Waals surface area contributed by atoms with Crippen molar-refractivity contribution in [2.75, 3.05) is 41.4 Å². The third-order valence-electron chi connectivity index (χ3n) is 3.75. The highest BCUT2D eigenvalue weighted by Crippen LogP contribution is 2.27. The molecule has 0 spiro atoms. The van der Waals surface area contributed by atoms with E-state index in [1.807, 2.05) is 36.4 Å². The lowest BCUT2D eigenvalue weighted by molar-refractivity contribution is 0.0989. The highest BCUT2D eigenvalue weighted by Gasteiger charge is 2.20. The number of ether oxygens (including phenoxy) is 1. The van der Waals surface area contributed by atoms with Crippen molar-refractivity contribution in [2.45, 2.75) is 13.0 Å². The molecule has 116 valence electrons. The Labute approximate surface area is 130 Å². The topological polar surface area (TPSA) is 89.4 Å². The Morgan fingerprint density at radius 3 is 2.86 bits per heavy atom. The van der Waals surface area contributed by atoms with Crippen molar-refractivity contribution in [3.63, 3.8) is 0 Å². The summed E-state index contributed by atoms with van der Waals surface area (Å²) in [4.78, 5) is 6.62. The van der Waals surface area contributed by atoms with Crippen LogP contribution in [0.2, 0.25) is 0 Å². The van der Waals surface area contributed by atoms with Gasteiger partial charge < -0.3 is 26.4 Å². The number of aromatic nitrogens is 1. The Bertz CT molecular complexity index is 661. The Morgan fingerprint density at radius 1 is 1.27 bits per heavy atom. The number of para-hydroxylation sites is 2. The number of nitrogens with two attached hydrogens (primary N) is 2. The van der Waals surface area contributed by atoms with Crippen LogP contribution in [0.5, 0.6) is 0 Å². The minimum atomic E-state index is 0.310. The van der Waals surface area contributed by atoms with Crippen LogP contribution >= 0.6 is 0 Å². The minimum Gasteiger partial charge on any atom is -0.397 e. The first kappa shape index (κ1) is 14.5. The largest absolute Gasteiger partial charge is 0.397 e. The minimum absolute atomic E-state index is 0.310. The van der Waals surface area contributed by atoms with Gasteiger partial charge in [-0.25, -0.2) is 4.98 Å². The molecule has 1 aromatic carbocycles. The third-order valence-corrected chi connectivity index (χ3v) is 3.75. The van der Waals surface area contributed by atoms with Crippen LogP contribution in [0.4, 0.5) is 28.7 Å². The lowest BCUT2D eigenvalue weighted by Crippen LogP contribution is -2.43. The number of nitrogens with one attached hydrogen (secondary N) is 1. The summed E-state index contributed by atoms with van der Waals surface area (Å²) in [5.41, 5.74) is 14.5. The summed E-state index contributed by atoms with van der Waals surface area (Å²) in [6.07, 6.45) is 0. The molecular formula is C16H21N5O. The number of nitrogens with zero attached hydrogens (tertiary/aromatic N) is 2. The van der Waals surface area contributed by atoms with E-state index in [-0.39, 0.29) is 0 Å². The van der Waals surface area contributed by atoms with E-state index in [2.05, 4.69) is 22.1 Å². The van der Waals surface area contributed by atoms with Gasteiger partial charge in [-0.2, -0.15) is 0 Å². The molecule has 2 heterocycles. The summed E-state index contributed by atoms with van der Waals surface area (Å²) in [5.74, 6) is 1.17. The first-order chi connectivity index (χ1) is 10.6. The summed E-state index contributed by atoms with van der Waals surface area (Å²) in [7, 11) is 0. The van der Waals surface area contributed by atoms with Crippen LogP contribution in [0.15, 0.2) is 36.4 Å². The number of hydrogen-bond acceptors (Lipinski definition) is 6. The van der Waals surface area contributed by atoms with Gasteiger partial charge in [0.25, 0.3) is 0 Å². The molecule has 5 N–H and O–H groups in total. The molecular weight excluding hydrogens is 278 g/mol. The molecule has 1 aliphatic heterocycles. The maximum absolute atomic E-state index is 5.96. The number of hydrogen-bond donors (Lipinski definition) is 3. The molecule has 22 heavy (non-hydrogen) atoms. The Hall–Kier alpha value is -2.47. The molecule has 0 aliphatic carbocycles. The standard InChI is InChI=1S/C16H21N5O/c1-11-10-22-7-6-21(11)12-8-15(18)20-16(9-12)19-14-5-3-2-4-13(14)17/h2-5,8-9,11H,6-7,10,17H2,1H3,(H3,18,19,20). The zero-order chi connectivity index (χ0) is 15.5. The first-order valence-corrected chi connectivity index (χ1v) is 7.37. The second-order valence-corrected chi connectivity index (χ2v) is 5.47.